The molecule has 2 amide bonds. The summed E-state index contributed by atoms with van der Waals surface area (Å²) in [6.45, 7) is 5.13. The standard InChI is InChI=1S/C18H24N2O3/c1-13-3-2-8-20(12-13)17(21)19-18(6-7-18)14-4-5-15-16(11-14)23-10-9-22-15/h4-5,11,13H,2-3,6-10,12H2,1H3,(H,19,21). The first-order valence-electron chi connectivity index (χ1n) is 8.63. The molecule has 0 bridgehead atoms. The number of hydrogen-bond donors (Lipinski definition) is 1. The van der Waals surface area contributed by atoms with Gasteiger partial charge in [-0.3, -0.25) is 0 Å². The molecule has 0 radical (unpaired) electrons. The Morgan fingerprint density at radius 1 is 1.26 bits per heavy atom. The fraction of sp³-hybridized carbons (Fsp3) is 0.611. The summed E-state index contributed by atoms with van der Waals surface area (Å²) < 4.78 is 11.3. The van der Waals surface area contributed by atoms with E-state index in [1.807, 2.05) is 17.0 Å². The topological polar surface area (TPSA) is 50.8 Å². The Balaban J connectivity index is 1.49. The molecule has 1 N–H and O–H groups in total. The highest BCUT2D eigenvalue weighted by molar-refractivity contribution is 5.76. The second-order valence-electron chi connectivity index (χ2n) is 7.06. The quantitative estimate of drug-likeness (QED) is 0.913. The third-order valence-electron chi connectivity index (χ3n) is 5.14. The van der Waals surface area contributed by atoms with Gasteiger partial charge in [0, 0.05) is 13.1 Å². The number of nitrogens with one attached hydrogen (secondary N) is 1. The van der Waals surface area contributed by atoms with E-state index < -0.39 is 0 Å². The van der Waals surface area contributed by atoms with Crippen molar-refractivity contribution in [2.24, 2.45) is 5.92 Å². The minimum Gasteiger partial charge on any atom is -0.486 e. The molecule has 4 rings (SSSR count). The van der Waals surface area contributed by atoms with Crippen molar-refractivity contribution in [2.45, 2.75) is 38.1 Å². The molecule has 23 heavy (non-hydrogen) atoms. The van der Waals surface area contributed by atoms with Gasteiger partial charge in [0.1, 0.15) is 13.2 Å². The second kappa shape index (κ2) is 5.62. The van der Waals surface area contributed by atoms with Crippen molar-refractivity contribution in [1.29, 1.82) is 0 Å². The van der Waals surface area contributed by atoms with Gasteiger partial charge in [-0.25, -0.2) is 4.79 Å². The van der Waals surface area contributed by atoms with Gasteiger partial charge in [-0.2, -0.15) is 0 Å². The maximum absolute atomic E-state index is 12.6. The van der Waals surface area contributed by atoms with E-state index in [0.29, 0.717) is 19.1 Å². The molecule has 0 spiro atoms. The van der Waals surface area contributed by atoms with Crippen molar-refractivity contribution in [1.82, 2.24) is 10.2 Å². The number of amides is 2. The number of carbonyl (C=O) groups is 1. The molecule has 3 aliphatic rings. The van der Waals surface area contributed by atoms with E-state index >= 15 is 0 Å². The fourth-order valence-electron chi connectivity index (χ4n) is 3.61. The molecular weight excluding hydrogens is 292 g/mol. The third kappa shape index (κ3) is 2.84. The third-order valence-corrected chi connectivity index (χ3v) is 5.14. The highest BCUT2D eigenvalue weighted by Crippen LogP contribution is 2.48. The largest absolute Gasteiger partial charge is 0.486 e. The molecule has 2 fully saturated rings. The molecule has 2 heterocycles. The van der Waals surface area contributed by atoms with Crippen LogP contribution in [0.15, 0.2) is 18.2 Å². The lowest BCUT2D eigenvalue weighted by Crippen LogP contribution is -2.48. The monoisotopic (exact) mass is 316 g/mol. The van der Waals surface area contributed by atoms with Gasteiger partial charge in [0.05, 0.1) is 5.54 Å². The Hall–Kier alpha value is -1.91. The van der Waals surface area contributed by atoms with Gasteiger partial charge in [-0.05, 0) is 49.3 Å². The molecule has 1 unspecified atom stereocenters. The summed E-state index contributed by atoms with van der Waals surface area (Å²) in [6.07, 6.45) is 4.30. The molecule has 1 saturated heterocycles. The summed E-state index contributed by atoms with van der Waals surface area (Å²) in [7, 11) is 0. The van der Waals surface area contributed by atoms with Crippen molar-refractivity contribution in [3.05, 3.63) is 23.8 Å². The number of fused-ring (bicyclic) bond motifs is 1. The van der Waals surface area contributed by atoms with Gasteiger partial charge in [0.2, 0.25) is 0 Å². The summed E-state index contributed by atoms with van der Waals surface area (Å²) in [6, 6.07) is 6.11. The zero-order valence-electron chi connectivity index (χ0n) is 13.6. The van der Waals surface area contributed by atoms with E-state index in [-0.39, 0.29) is 11.6 Å². The molecule has 1 saturated carbocycles. The van der Waals surface area contributed by atoms with Crippen LogP contribution in [0.2, 0.25) is 0 Å². The van der Waals surface area contributed by atoms with Crippen LogP contribution in [-0.2, 0) is 5.54 Å². The van der Waals surface area contributed by atoms with Crippen molar-refractivity contribution in [2.75, 3.05) is 26.3 Å². The lowest BCUT2D eigenvalue weighted by atomic mass is 10.0. The van der Waals surface area contributed by atoms with E-state index in [1.165, 1.54) is 6.42 Å². The molecular formula is C18H24N2O3. The Morgan fingerprint density at radius 2 is 2.04 bits per heavy atom. The Bertz CT molecular complexity index is 612. The summed E-state index contributed by atoms with van der Waals surface area (Å²) in [5.41, 5.74) is 0.910. The molecule has 1 atom stereocenters. The van der Waals surface area contributed by atoms with Crippen LogP contribution in [0.1, 0.15) is 38.2 Å². The first-order chi connectivity index (χ1) is 11.2. The first kappa shape index (κ1) is 14.7. The van der Waals surface area contributed by atoms with E-state index in [2.05, 4.69) is 18.3 Å². The number of piperidine rings is 1. The van der Waals surface area contributed by atoms with E-state index in [0.717, 1.165) is 49.4 Å². The molecule has 1 aromatic rings. The van der Waals surface area contributed by atoms with Gasteiger partial charge in [-0.15, -0.1) is 0 Å². The van der Waals surface area contributed by atoms with E-state index in [4.69, 9.17) is 9.47 Å². The van der Waals surface area contributed by atoms with Crippen LogP contribution in [0.4, 0.5) is 4.79 Å². The molecule has 124 valence electrons. The number of nitrogens with zero attached hydrogens (tertiary/aromatic N) is 1. The SMILES string of the molecule is CC1CCCN(C(=O)NC2(c3ccc4c(c3)OCCO4)CC2)C1. The average Bonchev–Trinajstić information content (AvgIpc) is 3.35. The summed E-state index contributed by atoms with van der Waals surface area (Å²) in [5, 5.41) is 3.27. The predicted molar refractivity (Wildman–Crippen MR) is 86.8 cm³/mol. The van der Waals surface area contributed by atoms with Gasteiger partial charge in [-0.1, -0.05) is 13.0 Å². The summed E-state index contributed by atoms with van der Waals surface area (Å²) >= 11 is 0. The predicted octanol–water partition coefficient (Wildman–Crippen LogP) is 2.89. The minimum absolute atomic E-state index is 0.0731. The van der Waals surface area contributed by atoms with Crippen LogP contribution in [0.3, 0.4) is 0 Å². The molecule has 5 heteroatoms. The smallest absolute Gasteiger partial charge is 0.318 e. The maximum Gasteiger partial charge on any atom is 0.318 e. The molecule has 0 aromatic heterocycles. The number of likely N-dealkylation sites (tertiary alicyclic amines) is 1. The zero-order chi connectivity index (χ0) is 15.9. The second-order valence-corrected chi connectivity index (χ2v) is 7.06. The van der Waals surface area contributed by atoms with Crippen molar-refractivity contribution in [3.63, 3.8) is 0 Å². The Kier molecular flexibility index (Phi) is 3.58. The number of rotatable bonds is 2. The van der Waals surface area contributed by atoms with Gasteiger partial charge < -0.3 is 19.7 Å². The lowest BCUT2D eigenvalue weighted by Gasteiger charge is -2.33. The number of carbonyl (C=O) groups excluding carboxylic acids is 1. The summed E-state index contributed by atoms with van der Waals surface area (Å²) in [5.74, 6) is 2.19. The average molecular weight is 316 g/mol. The van der Waals surface area contributed by atoms with Crippen LogP contribution < -0.4 is 14.8 Å². The highest BCUT2D eigenvalue weighted by atomic mass is 16.6. The van der Waals surface area contributed by atoms with Crippen LogP contribution in [-0.4, -0.2) is 37.2 Å². The highest BCUT2D eigenvalue weighted by Gasteiger charge is 2.47. The Morgan fingerprint density at radius 3 is 2.78 bits per heavy atom. The van der Waals surface area contributed by atoms with Crippen molar-refractivity contribution < 1.29 is 14.3 Å². The Labute approximate surface area is 136 Å². The first-order valence-corrected chi connectivity index (χ1v) is 8.63. The van der Waals surface area contributed by atoms with Crippen LogP contribution in [0.5, 0.6) is 11.5 Å². The molecule has 1 aliphatic carbocycles. The van der Waals surface area contributed by atoms with Crippen LogP contribution >= 0.6 is 0 Å². The van der Waals surface area contributed by atoms with E-state index in [9.17, 15) is 4.79 Å². The normalized spacial score (nSPS) is 24.9. The van der Waals surface area contributed by atoms with E-state index in [1.54, 1.807) is 0 Å². The van der Waals surface area contributed by atoms with Gasteiger partial charge in [0.25, 0.3) is 0 Å². The van der Waals surface area contributed by atoms with Crippen LogP contribution in [0.25, 0.3) is 0 Å². The minimum atomic E-state index is -0.215. The molecule has 5 nitrogen and oxygen atoms in total. The number of urea groups is 1. The van der Waals surface area contributed by atoms with Crippen molar-refractivity contribution >= 4 is 6.03 Å². The number of hydrogen-bond acceptors (Lipinski definition) is 3. The van der Waals surface area contributed by atoms with Crippen LogP contribution in [0, 0.1) is 5.92 Å². The fourth-order valence-corrected chi connectivity index (χ4v) is 3.61. The molecule has 2 aliphatic heterocycles. The summed E-state index contributed by atoms with van der Waals surface area (Å²) in [4.78, 5) is 14.6. The maximum atomic E-state index is 12.6. The van der Waals surface area contributed by atoms with Gasteiger partial charge >= 0.3 is 6.03 Å². The van der Waals surface area contributed by atoms with Crippen molar-refractivity contribution in [3.8, 4) is 11.5 Å². The van der Waals surface area contributed by atoms with Gasteiger partial charge in [0.15, 0.2) is 11.5 Å². The lowest BCUT2D eigenvalue weighted by molar-refractivity contribution is 0.164. The molecule has 1 aromatic carbocycles. The number of ether oxygens (including phenoxy) is 2. The number of benzene rings is 1. The zero-order valence-corrected chi connectivity index (χ0v) is 13.6.